The van der Waals surface area contributed by atoms with Gasteiger partial charge in [-0.05, 0) is 42.4 Å². The van der Waals surface area contributed by atoms with Crippen LogP contribution in [-0.4, -0.2) is 5.11 Å². The molecular formula is C13H18O. The molecule has 0 saturated heterocycles. The summed E-state index contributed by atoms with van der Waals surface area (Å²) in [4.78, 5) is 0. The summed E-state index contributed by atoms with van der Waals surface area (Å²) in [7, 11) is 0. The summed E-state index contributed by atoms with van der Waals surface area (Å²) in [6.45, 7) is 4.31. The first-order valence-electron chi connectivity index (χ1n) is 5.55. The molecule has 1 saturated carbocycles. The van der Waals surface area contributed by atoms with Crippen molar-refractivity contribution in [2.45, 2.75) is 45.1 Å². The molecule has 76 valence electrons. The third-order valence-corrected chi connectivity index (χ3v) is 3.19. The van der Waals surface area contributed by atoms with E-state index in [1.165, 1.54) is 16.7 Å². The van der Waals surface area contributed by atoms with Gasteiger partial charge in [0.15, 0.2) is 0 Å². The average Bonchev–Trinajstić information content (AvgIpc) is 2.96. The highest BCUT2D eigenvalue weighted by Crippen LogP contribution is 2.48. The van der Waals surface area contributed by atoms with Gasteiger partial charge in [-0.1, -0.05) is 32.0 Å². The molecule has 0 radical (unpaired) electrons. The Morgan fingerprint density at radius 2 is 1.64 bits per heavy atom. The molecule has 1 nitrogen and oxygen atoms in total. The van der Waals surface area contributed by atoms with E-state index in [1.807, 2.05) is 0 Å². The molecule has 2 rings (SSSR count). The molecule has 0 spiro atoms. The van der Waals surface area contributed by atoms with Crippen LogP contribution in [0.25, 0.3) is 0 Å². The highest BCUT2D eigenvalue weighted by molar-refractivity contribution is 5.42. The molecule has 1 N–H and O–H groups in total. The number of aryl methyl sites for hydroxylation is 2. The second kappa shape index (κ2) is 3.39. The van der Waals surface area contributed by atoms with Gasteiger partial charge in [0.2, 0.25) is 0 Å². The highest BCUT2D eigenvalue weighted by atomic mass is 16.3. The molecule has 0 aliphatic heterocycles. The van der Waals surface area contributed by atoms with Crippen LogP contribution in [0.5, 0.6) is 0 Å². The van der Waals surface area contributed by atoms with Gasteiger partial charge in [0.25, 0.3) is 0 Å². The quantitative estimate of drug-likeness (QED) is 0.777. The third kappa shape index (κ3) is 1.46. The topological polar surface area (TPSA) is 20.2 Å². The summed E-state index contributed by atoms with van der Waals surface area (Å²) in [6, 6.07) is 6.39. The molecule has 0 heterocycles. The molecule has 0 atom stereocenters. The van der Waals surface area contributed by atoms with E-state index in [-0.39, 0.29) is 0 Å². The van der Waals surface area contributed by atoms with E-state index in [0.717, 1.165) is 25.7 Å². The lowest BCUT2D eigenvalue weighted by Crippen LogP contribution is -2.11. The minimum absolute atomic E-state index is 0.474. The lowest BCUT2D eigenvalue weighted by Gasteiger charge is -2.17. The highest BCUT2D eigenvalue weighted by Gasteiger charge is 2.44. The van der Waals surface area contributed by atoms with E-state index in [0.29, 0.717) is 0 Å². The molecule has 0 amide bonds. The lowest BCUT2D eigenvalue weighted by molar-refractivity contribution is 0.149. The molecule has 1 aromatic carbocycles. The number of rotatable bonds is 3. The molecule has 1 heteroatoms. The van der Waals surface area contributed by atoms with Gasteiger partial charge in [0, 0.05) is 0 Å². The second-order valence-electron chi connectivity index (χ2n) is 4.19. The fraction of sp³-hybridized carbons (Fsp3) is 0.538. The van der Waals surface area contributed by atoms with Crippen LogP contribution in [0.15, 0.2) is 18.2 Å². The van der Waals surface area contributed by atoms with E-state index in [2.05, 4.69) is 32.0 Å². The van der Waals surface area contributed by atoms with Crippen molar-refractivity contribution in [3.63, 3.8) is 0 Å². The van der Waals surface area contributed by atoms with Gasteiger partial charge >= 0.3 is 0 Å². The van der Waals surface area contributed by atoms with Crippen molar-refractivity contribution < 1.29 is 5.11 Å². The molecule has 0 aromatic heterocycles. The Morgan fingerprint density at radius 3 is 2.00 bits per heavy atom. The normalized spacial score (nSPS) is 18.2. The monoisotopic (exact) mass is 190 g/mol. The van der Waals surface area contributed by atoms with Crippen molar-refractivity contribution in [1.82, 2.24) is 0 Å². The summed E-state index contributed by atoms with van der Waals surface area (Å²) in [5.41, 5.74) is 3.40. The SMILES string of the molecule is CCc1cccc(CC)c1C1(O)CC1. The molecule has 1 aliphatic rings. The van der Waals surface area contributed by atoms with Crippen LogP contribution in [-0.2, 0) is 18.4 Å². The van der Waals surface area contributed by atoms with E-state index < -0.39 is 5.60 Å². The van der Waals surface area contributed by atoms with Crippen LogP contribution in [0, 0.1) is 0 Å². The maximum atomic E-state index is 10.2. The molecular weight excluding hydrogens is 172 g/mol. The Morgan fingerprint density at radius 1 is 1.14 bits per heavy atom. The van der Waals surface area contributed by atoms with Crippen LogP contribution >= 0.6 is 0 Å². The Hall–Kier alpha value is -0.820. The maximum Gasteiger partial charge on any atom is 0.0904 e. The zero-order chi connectivity index (χ0) is 10.2. The Labute approximate surface area is 85.8 Å². The van der Waals surface area contributed by atoms with E-state index in [1.54, 1.807) is 0 Å². The van der Waals surface area contributed by atoms with Gasteiger partial charge in [-0.2, -0.15) is 0 Å². The Kier molecular flexibility index (Phi) is 2.36. The van der Waals surface area contributed by atoms with Crippen molar-refractivity contribution in [3.05, 3.63) is 34.9 Å². The summed E-state index contributed by atoms with van der Waals surface area (Å²) in [5, 5.41) is 10.2. The van der Waals surface area contributed by atoms with Crippen molar-refractivity contribution in [2.75, 3.05) is 0 Å². The largest absolute Gasteiger partial charge is 0.385 e. The van der Waals surface area contributed by atoms with Crippen molar-refractivity contribution in [2.24, 2.45) is 0 Å². The first kappa shape index (κ1) is 9.72. The van der Waals surface area contributed by atoms with Crippen LogP contribution in [0.1, 0.15) is 43.4 Å². The van der Waals surface area contributed by atoms with Crippen LogP contribution in [0.3, 0.4) is 0 Å². The van der Waals surface area contributed by atoms with Crippen LogP contribution in [0.2, 0.25) is 0 Å². The molecule has 0 bridgehead atoms. The van der Waals surface area contributed by atoms with E-state index in [9.17, 15) is 5.11 Å². The first-order chi connectivity index (χ1) is 6.71. The van der Waals surface area contributed by atoms with Gasteiger partial charge in [-0.3, -0.25) is 0 Å². The zero-order valence-electron chi connectivity index (χ0n) is 9.01. The van der Waals surface area contributed by atoms with Crippen molar-refractivity contribution >= 4 is 0 Å². The maximum absolute atomic E-state index is 10.2. The average molecular weight is 190 g/mol. The van der Waals surface area contributed by atoms with E-state index in [4.69, 9.17) is 0 Å². The van der Waals surface area contributed by atoms with Gasteiger partial charge in [0.05, 0.1) is 5.60 Å². The number of aliphatic hydroxyl groups is 1. The van der Waals surface area contributed by atoms with Crippen molar-refractivity contribution in [1.29, 1.82) is 0 Å². The summed E-state index contributed by atoms with van der Waals surface area (Å²) < 4.78 is 0. The first-order valence-corrected chi connectivity index (χ1v) is 5.55. The number of hydrogen-bond donors (Lipinski definition) is 1. The molecule has 14 heavy (non-hydrogen) atoms. The predicted octanol–water partition coefficient (Wildman–Crippen LogP) is 2.79. The van der Waals surface area contributed by atoms with Crippen LogP contribution < -0.4 is 0 Å². The summed E-state index contributed by atoms with van der Waals surface area (Å²) in [5.74, 6) is 0. The Balaban J connectivity index is 2.52. The van der Waals surface area contributed by atoms with Gasteiger partial charge in [-0.15, -0.1) is 0 Å². The van der Waals surface area contributed by atoms with Gasteiger partial charge in [0.1, 0.15) is 0 Å². The van der Waals surface area contributed by atoms with Gasteiger partial charge in [-0.25, -0.2) is 0 Å². The summed E-state index contributed by atoms with van der Waals surface area (Å²) in [6.07, 6.45) is 3.92. The third-order valence-electron chi connectivity index (χ3n) is 3.19. The fourth-order valence-corrected chi connectivity index (χ4v) is 2.21. The van der Waals surface area contributed by atoms with Gasteiger partial charge < -0.3 is 5.11 Å². The molecule has 1 fully saturated rings. The smallest absolute Gasteiger partial charge is 0.0904 e. The predicted molar refractivity (Wildman–Crippen MR) is 58.3 cm³/mol. The minimum atomic E-state index is -0.474. The van der Waals surface area contributed by atoms with E-state index >= 15 is 0 Å². The lowest BCUT2D eigenvalue weighted by atomic mass is 9.92. The zero-order valence-corrected chi connectivity index (χ0v) is 9.01. The minimum Gasteiger partial charge on any atom is -0.385 e. The Bertz CT molecular complexity index is 315. The number of hydrogen-bond acceptors (Lipinski definition) is 1. The molecule has 1 aliphatic carbocycles. The second-order valence-corrected chi connectivity index (χ2v) is 4.19. The summed E-state index contributed by atoms with van der Waals surface area (Å²) >= 11 is 0. The standard InChI is InChI=1S/C13H18O/c1-3-10-6-5-7-11(4-2)12(10)13(14)8-9-13/h5-7,14H,3-4,8-9H2,1-2H3. The fourth-order valence-electron chi connectivity index (χ4n) is 2.21. The molecule has 1 aromatic rings. The number of benzene rings is 1. The van der Waals surface area contributed by atoms with Crippen molar-refractivity contribution in [3.8, 4) is 0 Å². The van der Waals surface area contributed by atoms with Crippen LogP contribution in [0.4, 0.5) is 0 Å². The molecule has 0 unspecified atom stereocenters.